The Morgan fingerprint density at radius 2 is 1.65 bits per heavy atom. The van der Waals surface area contributed by atoms with Crippen LogP contribution in [0.1, 0.15) is 11.4 Å². The molecule has 0 aliphatic rings. The first-order valence-electron chi connectivity index (χ1n) is 7.60. The standard InChI is InChI=1S/C17H15N3O4S2/c1-12-17(25-16-11-7-6-10-15(16)20(21)22)13(2)19(18-12)26(23,24)14-8-4-3-5-9-14/h3-11H,1-2H3. The zero-order chi connectivity index (χ0) is 18.9. The molecule has 0 fully saturated rings. The number of nitro groups is 1. The second-order valence-corrected chi connectivity index (χ2v) is 8.31. The fraction of sp³-hybridized carbons (Fsp3) is 0.118. The maximum atomic E-state index is 12.8. The van der Waals surface area contributed by atoms with Crippen molar-refractivity contribution in [3.63, 3.8) is 0 Å². The average Bonchev–Trinajstić information content (AvgIpc) is 2.91. The maximum absolute atomic E-state index is 12.8. The number of hydrogen-bond donors (Lipinski definition) is 0. The van der Waals surface area contributed by atoms with Gasteiger partial charge < -0.3 is 0 Å². The Kier molecular flexibility index (Phi) is 4.84. The smallest absolute Gasteiger partial charge is 0.258 e. The monoisotopic (exact) mass is 389 g/mol. The second kappa shape index (κ2) is 6.93. The van der Waals surface area contributed by atoms with Crippen molar-refractivity contribution in [1.29, 1.82) is 0 Å². The molecule has 0 aliphatic carbocycles. The molecule has 26 heavy (non-hydrogen) atoms. The summed E-state index contributed by atoms with van der Waals surface area (Å²) in [7, 11) is -3.83. The first kappa shape index (κ1) is 18.2. The molecule has 0 atom stereocenters. The molecule has 0 saturated heterocycles. The van der Waals surface area contributed by atoms with Crippen molar-refractivity contribution < 1.29 is 13.3 Å². The van der Waals surface area contributed by atoms with E-state index in [2.05, 4.69) is 5.10 Å². The van der Waals surface area contributed by atoms with Crippen LogP contribution in [0.3, 0.4) is 0 Å². The quantitative estimate of drug-likeness (QED) is 0.487. The van der Waals surface area contributed by atoms with Gasteiger partial charge in [0.15, 0.2) is 0 Å². The van der Waals surface area contributed by atoms with Crippen LogP contribution in [0.5, 0.6) is 0 Å². The Labute approximate surface area is 154 Å². The Morgan fingerprint density at radius 1 is 1.04 bits per heavy atom. The van der Waals surface area contributed by atoms with Crippen molar-refractivity contribution in [3.05, 3.63) is 76.1 Å². The van der Waals surface area contributed by atoms with E-state index in [4.69, 9.17) is 0 Å². The molecule has 3 rings (SSSR count). The molecule has 1 aromatic heterocycles. The molecule has 7 nitrogen and oxygen atoms in total. The van der Waals surface area contributed by atoms with Crippen LogP contribution >= 0.6 is 11.8 Å². The molecule has 0 saturated carbocycles. The fourth-order valence-electron chi connectivity index (χ4n) is 2.48. The lowest BCUT2D eigenvalue weighted by atomic mass is 10.3. The molecule has 0 amide bonds. The number of benzene rings is 2. The summed E-state index contributed by atoms with van der Waals surface area (Å²) in [6.07, 6.45) is 0. The average molecular weight is 389 g/mol. The van der Waals surface area contributed by atoms with E-state index < -0.39 is 14.9 Å². The molecular formula is C17H15N3O4S2. The van der Waals surface area contributed by atoms with E-state index in [1.807, 2.05) is 0 Å². The van der Waals surface area contributed by atoms with Gasteiger partial charge in [-0.2, -0.15) is 17.6 Å². The predicted octanol–water partition coefficient (Wildman–Crippen LogP) is 3.80. The van der Waals surface area contributed by atoms with Gasteiger partial charge in [0.05, 0.1) is 31.0 Å². The van der Waals surface area contributed by atoms with E-state index in [0.717, 1.165) is 15.8 Å². The van der Waals surface area contributed by atoms with Gasteiger partial charge in [0.1, 0.15) is 0 Å². The molecule has 9 heteroatoms. The predicted molar refractivity (Wildman–Crippen MR) is 97.9 cm³/mol. The summed E-state index contributed by atoms with van der Waals surface area (Å²) >= 11 is 1.14. The number of nitrogens with zero attached hydrogens (tertiary/aromatic N) is 3. The number of nitro benzene ring substituents is 1. The summed E-state index contributed by atoms with van der Waals surface area (Å²) in [5, 5.41) is 15.4. The van der Waals surface area contributed by atoms with Crippen LogP contribution in [0.4, 0.5) is 5.69 Å². The molecule has 0 unspecified atom stereocenters. The van der Waals surface area contributed by atoms with E-state index in [9.17, 15) is 18.5 Å². The van der Waals surface area contributed by atoms with Gasteiger partial charge in [0.25, 0.3) is 15.7 Å². The number of aromatic nitrogens is 2. The Balaban J connectivity index is 2.07. The van der Waals surface area contributed by atoms with Crippen molar-refractivity contribution in [2.45, 2.75) is 28.5 Å². The van der Waals surface area contributed by atoms with Gasteiger partial charge in [-0.05, 0) is 32.0 Å². The number of hydrogen-bond acceptors (Lipinski definition) is 6. The number of para-hydroxylation sites is 1. The molecule has 2 aromatic carbocycles. The molecule has 0 spiro atoms. The third kappa shape index (κ3) is 3.23. The summed E-state index contributed by atoms with van der Waals surface area (Å²) in [6, 6.07) is 14.3. The van der Waals surface area contributed by atoms with Crippen molar-refractivity contribution >= 4 is 27.5 Å². The summed E-state index contributed by atoms with van der Waals surface area (Å²) in [5.74, 6) is 0. The highest BCUT2D eigenvalue weighted by atomic mass is 32.2. The van der Waals surface area contributed by atoms with Crippen LogP contribution in [-0.2, 0) is 10.0 Å². The molecule has 134 valence electrons. The minimum atomic E-state index is -3.83. The molecule has 0 N–H and O–H groups in total. The van der Waals surface area contributed by atoms with Crippen LogP contribution < -0.4 is 0 Å². The largest absolute Gasteiger partial charge is 0.283 e. The van der Waals surface area contributed by atoms with Crippen molar-refractivity contribution in [2.75, 3.05) is 0 Å². The number of rotatable bonds is 5. The summed E-state index contributed by atoms with van der Waals surface area (Å²) in [4.78, 5) is 11.9. The molecule has 0 bridgehead atoms. The van der Waals surface area contributed by atoms with Crippen LogP contribution in [-0.4, -0.2) is 22.5 Å². The topological polar surface area (TPSA) is 95.1 Å². The maximum Gasteiger partial charge on any atom is 0.283 e. The van der Waals surface area contributed by atoms with Gasteiger partial charge in [-0.1, -0.05) is 42.1 Å². The second-order valence-electron chi connectivity index (χ2n) is 5.49. The lowest BCUT2D eigenvalue weighted by molar-refractivity contribution is -0.387. The first-order chi connectivity index (χ1) is 12.3. The third-order valence-electron chi connectivity index (χ3n) is 3.73. The molecular weight excluding hydrogens is 374 g/mol. The van der Waals surface area contributed by atoms with E-state index in [1.165, 1.54) is 18.2 Å². The summed E-state index contributed by atoms with van der Waals surface area (Å²) in [6.45, 7) is 3.32. The fourth-order valence-corrected chi connectivity index (χ4v) is 4.96. The SMILES string of the molecule is Cc1nn(S(=O)(=O)c2ccccc2)c(C)c1Sc1ccccc1[N+](=O)[O-]. The van der Waals surface area contributed by atoms with Gasteiger partial charge >= 0.3 is 0 Å². The van der Waals surface area contributed by atoms with Crippen LogP contribution in [0, 0.1) is 24.0 Å². The van der Waals surface area contributed by atoms with Crippen LogP contribution in [0.25, 0.3) is 0 Å². The van der Waals surface area contributed by atoms with E-state index >= 15 is 0 Å². The molecule has 0 aliphatic heterocycles. The highest BCUT2D eigenvalue weighted by Crippen LogP contribution is 2.38. The molecule has 1 heterocycles. The Hall–Kier alpha value is -2.65. The molecule has 0 radical (unpaired) electrons. The van der Waals surface area contributed by atoms with Gasteiger partial charge in [-0.15, -0.1) is 0 Å². The van der Waals surface area contributed by atoms with Gasteiger partial charge in [-0.3, -0.25) is 10.1 Å². The van der Waals surface area contributed by atoms with Gasteiger partial charge in [-0.25, -0.2) is 0 Å². The summed E-state index contributed by atoms with van der Waals surface area (Å²) in [5.41, 5.74) is 0.870. The van der Waals surface area contributed by atoms with E-state index in [-0.39, 0.29) is 10.6 Å². The minimum Gasteiger partial charge on any atom is -0.258 e. The van der Waals surface area contributed by atoms with E-state index in [1.54, 1.807) is 50.2 Å². The lowest BCUT2D eigenvalue weighted by Gasteiger charge is -2.07. The van der Waals surface area contributed by atoms with Crippen molar-refractivity contribution in [1.82, 2.24) is 9.19 Å². The summed E-state index contributed by atoms with van der Waals surface area (Å²) < 4.78 is 26.6. The minimum absolute atomic E-state index is 0.0324. The Bertz CT molecular complexity index is 1080. The number of aryl methyl sites for hydroxylation is 1. The first-order valence-corrected chi connectivity index (χ1v) is 9.86. The Morgan fingerprint density at radius 3 is 2.31 bits per heavy atom. The zero-order valence-electron chi connectivity index (χ0n) is 14.0. The van der Waals surface area contributed by atoms with Crippen molar-refractivity contribution in [3.8, 4) is 0 Å². The normalized spacial score (nSPS) is 11.5. The molecule has 3 aromatic rings. The van der Waals surface area contributed by atoms with Gasteiger partial charge in [0, 0.05) is 6.07 Å². The highest BCUT2D eigenvalue weighted by Gasteiger charge is 2.25. The van der Waals surface area contributed by atoms with Gasteiger partial charge in [0.2, 0.25) is 0 Å². The van der Waals surface area contributed by atoms with Crippen LogP contribution in [0.2, 0.25) is 0 Å². The van der Waals surface area contributed by atoms with E-state index in [0.29, 0.717) is 21.2 Å². The highest BCUT2D eigenvalue weighted by molar-refractivity contribution is 7.99. The van der Waals surface area contributed by atoms with Crippen molar-refractivity contribution in [2.24, 2.45) is 0 Å². The third-order valence-corrected chi connectivity index (χ3v) is 6.77. The lowest BCUT2D eigenvalue weighted by Crippen LogP contribution is -2.16. The zero-order valence-corrected chi connectivity index (χ0v) is 15.6. The van der Waals surface area contributed by atoms with Crippen LogP contribution in [0.15, 0.2) is 69.3 Å².